The van der Waals surface area contributed by atoms with Gasteiger partial charge in [-0.3, -0.25) is 4.79 Å². The van der Waals surface area contributed by atoms with Gasteiger partial charge < -0.3 is 25.2 Å². The van der Waals surface area contributed by atoms with Gasteiger partial charge in [0, 0.05) is 18.1 Å². The quantitative estimate of drug-likeness (QED) is 0.640. The predicted molar refractivity (Wildman–Crippen MR) is 94.4 cm³/mol. The van der Waals surface area contributed by atoms with Gasteiger partial charge in [-0.1, -0.05) is 13.0 Å². The average Bonchev–Trinajstić information content (AvgIpc) is 2.52. The lowest BCUT2D eigenvalue weighted by molar-refractivity contribution is -0.124. The summed E-state index contributed by atoms with van der Waals surface area (Å²) < 4.78 is 10.9. The number of hydrogen-bond acceptors (Lipinski definition) is 5. The minimum Gasteiger partial charge on any atom is -0.493 e. The second-order valence-corrected chi connectivity index (χ2v) is 6.74. The van der Waals surface area contributed by atoms with Crippen LogP contribution in [0.5, 0.6) is 11.5 Å². The van der Waals surface area contributed by atoms with Crippen LogP contribution in [0.4, 0.5) is 0 Å². The normalized spacial score (nSPS) is 12.6. The fourth-order valence-corrected chi connectivity index (χ4v) is 2.14. The lowest BCUT2D eigenvalue weighted by Gasteiger charge is -2.21. The van der Waals surface area contributed by atoms with Crippen molar-refractivity contribution >= 4 is 5.91 Å². The Labute approximate surface area is 144 Å². The number of aliphatic hydroxyl groups is 1. The first-order chi connectivity index (χ1) is 11.3. The Morgan fingerprint density at radius 3 is 2.54 bits per heavy atom. The van der Waals surface area contributed by atoms with E-state index in [0.29, 0.717) is 18.0 Å². The van der Waals surface area contributed by atoms with E-state index in [4.69, 9.17) is 9.47 Å². The molecule has 0 unspecified atom stereocenters. The third-order valence-electron chi connectivity index (χ3n) is 3.41. The Balaban J connectivity index is 2.65. The molecule has 0 radical (unpaired) electrons. The van der Waals surface area contributed by atoms with E-state index in [0.717, 1.165) is 12.0 Å². The van der Waals surface area contributed by atoms with Gasteiger partial charge in [0.2, 0.25) is 0 Å². The SMILES string of the molecule is CC[C@H](CO)NCc1ccc(OCC(=O)NC(C)(C)C)c(OC)c1. The zero-order valence-electron chi connectivity index (χ0n) is 15.3. The number of benzene rings is 1. The van der Waals surface area contributed by atoms with E-state index in [-0.39, 0.29) is 30.7 Å². The number of rotatable bonds is 9. The molecule has 1 atom stereocenters. The molecule has 0 saturated heterocycles. The molecular weight excluding hydrogens is 308 g/mol. The van der Waals surface area contributed by atoms with Crippen LogP contribution in [0, 0.1) is 0 Å². The number of amides is 1. The summed E-state index contributed by atoms with van der Waals surface area (Å²) in [6, 6.07) is 5.65. The van der Waals surface area contributed by atoms with E-state index in [2.05, 4.69) is 10.6 Å². The van der Waals surface area contributed by atoms with Crippen molar-refractivity contribution in [3.63, 3.8) is 0 Å². The second kappa shape index (κ2) is 9.49. The van der Waals surface area contributed by atoms with Gasteiger partial charge in [0.25, 0.3) is 5.91 Å². The molecule has 0 bridgehead atoms. The van der Waals surface area contributed by atoms with E-state index in [1.165, 1.54) is 0 Å². The summed E-state index contributed by atoms with van der Waals surface area (Å²) in [5.74, 6) is 0.929. The van der Waals surface area contributed by atoms with Gasteiger partial charge in [-0.05, 0) is 44.9 Å². The summed E-state index contributed by atoms with van der Waals surface area (Å²) in [4.78, 5) is 11.8. The molecule has 1 aromatic carbocycles. The Morgan fingerprint density at radius 1 is 1.29 bits per heavy atom. The predicted octanol–water partition coefficient (Wildman–Crippen LogP) is 1.85. The van der Waals surface area contributed by atoms with E-state index in [1.54, 1.807) is 13.2 Å². The summed E-state index contributed by atoms with van der Waals surface area (Å²) in [5.41, 5.74) is 0.730. The standard InChI is InChI=1S/C18H30N2O4/c1-6-14(11-21)19-10-13-7-8-15(16(9-13)23-5)24-12-17(22)20-18(2,3)4/h7-9,14,19,21H,6,10-12H2,1-5H3,(H,20,22)/t14-/m1/s1. The molecule has 1 aromatic rings. The van der Waals surface area contributed by atoms with E-state index < -0.39 is 0 Å². The van der Waals surface area contributed by atoms with Crippen LogP contribution in [-0.2, 0) is 11.3 Å². The van der Waals surface area contributed by atoms with Crippen LogP contribution in [0.1, 0.15) is 39.7 Å². The molecule has 6 heteroatoms. The van der Waals surface area contributed by atoms with Gasteiger partial charge in [0.15, 0.2) is 18.1 Å². The first kappa shape index (κ1) is 20.3. The molecule has 1 amide bonds. The first-order valence-corrected chi connectivity index (χ1v) is 8.24. The summed E-state index contributed by atoms with van der Waals surface area (Å²) in [5, 5.41) is 15.3. The van der Waals surface area contributed by atoms with Gasteiger partial charge in [-0.2, -0.15) is 0 Å². The van der Waals surface area contributed by atoms with Crippen molar-refractivity contribution in [2.45, 2.75) is 52.2 Å². The van der Waals surface area contributed by atoms with Crippen LogP contribution in [-0.4, -0.2) is 42.9 Å². The molecule has 24 heavy (non-hydrogen) atoms. The second-order valence-electron chi connectivity index (χ2n) is 6.74. The number of ether oxygens (including phenoxy) is 2. The van der Waals surface area contributed by atoms with Crippen molar-refractivity contribution in [1.82, 2.24) is 10.6 Å². The maximum Gasteiger partial charge on any atom is 0.258 e. The highest BCUT2D eigenvalue weighted by Crippen LogP contribution is 2.28. The van der Waals surface area contributed by atoms with Crippen molar-refractivity contribution in [3.8, 4) is 11.5 Å². The number of hydrogen-bond donors (Lipinski definition) is 3. The third-order valence-corrected chi connectivity index (χ3v) is 3.41. The average molecular weight is 338 g/mol. The van der Waals surface area contributed by atoms with E-state index >= 15 is 0 Å². The molecule has 0 fully saturated rings. The zero-order valence-corrected chi connectivity index (χ0v) is 15.3. The highest BCUT2D eigenvalue weighted by Gasteiger charge is 2.15. The van der Waals surface area contributed by atoms with Crippen molar-refractivity contribution < 1.29 is 19.4 Å². The Bertz CT molecular complexity index is 522. The maximum absolute atomic E-state index is 11.8. The van der Waals surface area contributed by atoms with Crippen LogP contribution >= 0.6 is 0 Å². The Morgan fingerprint density at radius 2 is 2.00 bits per heavy atom. The molecule has 0 heterocycles. The maximum atomic E-state index is 11.8. The van der Waals surface area contributed by atoms with Gasteiger partial charge >= 0.3 is 0 Å². The minimum atomic E-state index is -0.289. The van der Waals surface area contributed by atoms with Gasteiger partial charge in [-0.15, -0.1) is 0 Å². The van der Waals surface area contributed by atoms with Crippen molar-refractivity contribution in [3.05, 3.63) is 23.8 Å². The van der Waals surface area contributed by atoms with Crippen LogP contribution < -0.4 is 20.1 Å². The molecular formula is C18H30N2O4. The topological polar surface area (TPSA) is 79.8 Å². The molecule has 6 nitrogen and oxygen atoms in total. The molecule has 0 aliphatic heterocycles. The van der Waals surface area contributed by atoms with Crippen molar-refractivity contribution in [2.24, 2.45) is 0 Å². The smallest absolute Gasteiger partial charge is 0.258 e. The summed E-state index contributed by atoms with van der Waals surface area (Å²) >= 11 is 0. The monoisotopic (exact) mass is 338 g/mol. The third kappa shape index (κ3) is 7.19. The zero-order chi connectivity index (χ0) is 18.2. The molecule has 0 saturated carbocycles. The summed E-state index contributed by atoms with van der Waals surface area (Å²) in [6.45, 7) is 8.45. The number of nitrogens with one attached hydrogen (secondary N) is 2. The van der Waals surface area contributed by atoms with Gasteiger partial charge in [0.1, 0.15) is 0 Å². The molecule has 0 aliphatic rings. The number of carbonyl (C=O) groups excluding carboxylic acids is 1. The molecule has 1 rings (SSSR count). The van der Waals surface area contributed by atoms with Crippen molar-refractivity contribution in [1.29, 1.82) is 0 Å². The van der Waals surface area contributed by atoms with Gasteiger partial charge in [-0.25, -0.2) is 0 Å². The van der Waals surface area contributed by atoms with Crippen LogP contribution in [0.2, 0.25) is 0 Å². The lowest BCUT2D eigenvalue weighted by atomic mass is 10.1. The highest BCUT2D eigenvalue weighted by atomic mass is 16.5. The number of aliphatic hydroxyl groups excluding tert-OH is 1. The molecule has 0 aliphatic carbocycles. The fraction of sp³-hybridized carbons (Fsp3) is 0.611. The Kier molecular flexibility index (Phi) is 8.01. The molecule has 136 valence electrons. The Hall–Kier alpha value is -1.79. The summed E-state index contributed by atoms with van der Waals surface area (Å²) in [6.07, 6.45) is 0.859. The van der Waals surface area contributed by atoms with E-state index in [9.17, 15) is 9.90 Å². The molecule has 0 spiro atoms. The van der Waals surface area contributed by atoms with Crippen LogP contribution in [0.15, 0.2) is 18.2 Å². The summed E-state index contributed by atoms with van der Waals surface area (Å²) in [7, 11) is 1.57. The highest BCUT2D eigenvalue weighted by molar-refractivity contribution is 5.78. The number of methoxy groups -OCH3 is 1. The largest absolute Gasteiger partial charge is 0.493 e. The first-order valence-electron chi connectivity index (χ1n) is 8.24. The van der Waals surface area contributed by atoms with Gasteiger partial charge in [0.05, 0.1) is 13.7 Å². The van der Waals surface area contributed by atoms with E-state index in [1.807, 2.05) is 39.8 Å². The fourth-order valence-electron chi connectivity index (χ4n) is 2.14. The minimum absolute atomic E-state index is 0.0619. The lowest BCUT2D eigenvalue weighted by Crippen LogP contribution is -2.43. The molecule has 3 N–H and O–H groups in total. The van der Waals surface area contributed by atoms with Crippen LogP contribution in [0.25, 0.3) is 0 Å². The molecule has 0 aromatic heterocycles. The van der Waals surface area contributed by atoms with Crippen molar-refractivity contribution in [2.75, 3.05) is 20.3 Å². The number of carbonyl (C=O) groups is 1. The van der Waals surface area contributed by atoms with Crippen LogP contribution in [0.3, 0.4) is 0 Å².